The van der Waals surface area contributed by atoms with Crippen LogP contribution in [0.25, 0.3) is 0 Å². The van der Waals surface area contributed by atoms with Gasteiger partial charge in [-0.05, 0) is 6.08 Å². The normalized spacial score (nSPS) is 9.12. The zero-order valence-corrected chi connectivity index (χ0v) is 4.64. The summed E-state index contributed by atoms with van der Waals surface area (Å²) in [5.74, 6) is -0.187. The van der Waals surface area contributed by atoms with Gasteiger partial charge in [-0.2, -0.15) is 0 Å². The van der Waals surface area contributed by atoms with Gasteiger partial charge in [0.15, 0.2) is 0 Å². The Morgan fingerprint density at radius 2 is 2.38 bits per heavy atom. The summed E-state index contributed by atoms with van der Waals surface area (Å²) in [7, 11) is 1.54. The lowest BCUT2D eigenvalue weighted by molar-refractivity contribution is -0.116. The van der Waals surface area contributed by atoms with Crippen LogP contribution >= 0.6 is 0 Å². The van der Waals surface area contributed by atoms with Crippen molar-refractivity contribution >= 4 is 12.1 Å². The van der Waals surface area contributed by atoms with Gasteiger partial charge in [-0.25, -0.2) is 0 Å². The Bertz CT molecular complexity index is 118. The van der Waals surface area contributed by atoms with Crippen LogP contribution in [0, 0.1) is 5.41 Å². The van der Waals surface area contributed by atoms with Gasteiger partial charge in [-0.15, -0.1) is 0 Å². The molecule has 0 saturated heterocycles. The van der Waals surface area contributed by atoms with Gasteiger partial charge in [0.1, 0.15) is 0 Å². The molecule has 1 amide bonds. The fourth-order valence-electron chi connectivity index (χ4n) is 0.219. The van der Waals surface area contributed by atoms with E-state index in [1.165, 1.54) is 19.2 Å². The van der Waals surface area contributed by atoms with Crippen LogP contribution in [0.3, 0.4) is 0 Å². The quantitative estimate of drug-likeness (QED) is 0.381. The molecule has 44 valence electrons. The average molecular weight is 112 g/mol. The van der Waals surface area contributed by atoms with Gasteiger partial charge >= 0.3 is 0 Å². The first-order valence-corrected chi connectivity index (χ1v) is 2.20. The van der Waals surface area contributed by atoms with Crippen molar-refractivity contribution in [3.05, 3.63) is 12.2 Å². The Kier molecular flexibility index (Phi) is 3.48. The number of amides is 1. The minimum Gasteiger partial charge on any atom is -0.356 e. The van der Waals surface area contributed by atoms with Gasteiger partial charge < -0.3 is 10.7 Å². The Morgan fingerprint density at radius 3 is 2.75 bits per heavy atom. The molecule has 8 heavy (non-hydrogen) atoms. The Balaban J connectivity index is 3.52. The summed E-state index contributed by atoms with van der Waals surface area (Å²) in [6, 6.07) is 0. The summed E-state index contributed by atoms with van der Waals surface area (Å²) >= 11 is 0. The topological polar surface area (TPSA) is 53.0 Å². The third kappa shape index (κ3) is 3.08. The van der Waals surface area contributed by atoms with Gasteiger partial charge in [-0.3, -0.25) is 4.79 Å². The molecule has 0 rings (SSSR count). The van der Waals surface area contributed by atoms with Crippen LogP contribution in [-0.2, 0) is 4.79 Å². The van der Waals surface area contributed by atoms with E-state index in [2.05, 4.69) is 5.32 Å². The van der Waals surface area contributed by atoms with Gasteiger partial charge in [-0.1, -0.05) is 0 Å². The molecule has 0 aliphatic heterocycles. The second-order valence-electron chi connectivity index (χ2n) is 1.14. The van der Waals surface area contributed by atoms with E-state index in [0.29, 0.717) is 0 Å². The first kappa shape index (κ1) is 6.88. The lowest BCUT2D eigenvalue weighted by Gasteiger charge is -1.84. The van der Waals surface area contributed by atoms with Crippen molar-refractivity contribution in [2.75, 3.05) is 7.05 Å². The minimum atomic E-state index is -0.187. The smallest absolute Gasteiger partial charge is 0.243 e. The molecule has 3 nitrogen and oxygen atoms in total. The molecular formula is C5H8N2O. The number of hydrogen-bond acceptors (Lipinski definition) is 2. The van der Waals surface area contributed by atoms with Crippen molar-refractivity contribution in [3.8, 4) is 0 Å². The first-order chi connectivity index (χ1) is 3.81. The number of allylic oxidation sites excluding steroid dienone is 1. The molecule has 0 unspecified atom stereocenters. The maximum atomic E-state index is 10.3. The largest absolute Gasteiger partial charge is 0.356 e. The summed E-state index contributed by atoms with van der Waals surface area (Å²) in [5, 5.41) is 8.85. The van der Waals surface area contributed by atoms with E-state index in [1.807, 2.05) is 0 Å². The molecule has 0 aliphatic rings. The molecule has 0 spiro atoms. The van der Waals surface area contributed by atoms with E-state index in [9.17, 15) is 4.79 Å². The van der Waals surface area contributed by atoms with Crippen LogP contribution < -0.4 is 5.32 Å². The number of rotatable bonds is 2. The Hall–Kier alpha value is -1.12. The SMILES string of the molecule is CNC(=O)/C=C/C=N. The standard InChI is InChI=1S/C5H8N2O/c1-7-5(8)3-2-4-6/h2-4,6H,1H3,(H,7,8)/b3-2+,6-4?. The van der Waals surface area contributed by atoms with E-state index in [0.717, 1.165) is 6.21 Å². The van der Waals surface area contributed by atoms with E-state index >= 15 is 0 Å². The van der Waals surface area contributed by atoms with Gasteiger partial charge in [0.2, 0.25) is 5.91 Å². The highest BCUT2D eigenvalue weighted by Crippen LogP contribution is 1.65. The number of carbonyl (C=O) groups is 1. The number of likely N-dealkylation sites (N-methyl/N-ethyl adjacent to an activating group) is 1. The molecule has 3 heteroatoms. The van der Waals surface area contributed by atoms with Crippen molar-refractivity contribution in [3.63, 3.8) is 0 Å². The van der Waals surface area contributed by atoms with Gasteiger partial charge in [0, 0.05) is 19.3 Å². The monoisotopic (exact) mass is 112 g/mol. The summed E-state index contributed by atoms with van der Waals surface area (Å²) in [4.78, 5) is 10.3. The molecule has 0 aromatic carbocycles. The predicted octanol–water partition coefficient (Wildman–Crippen LogP) is -0.0618. The summed E-state index contributed by atoms with van der Waals surface area (Å²) in [6.07, 6.45) is 3.70. The van der Waals surface area contributed by atoms with E-state index in [1.54, 1.807) is 0 Å². The van der Waals surface area contributed by atoms with Crippen molar-refractivity contribution in [1.29, 1.82) is 5.41 Å². The summed E-state index contributed by atoms with van der Waals surface area (Å²) in [6.45, 7) is 0. The second kappa shape index (κ2) is 4.05. The van der Waals surface area contributed by atoms with Gasteiger partial charge in [0.25, 0.3) is 0 Å². The third-order valence-corrected chi connectivity index (χ3v) is 0.590. The first-order valence-electron chi connectivity index (χ1n) is 2.20. The molecule has 0 bridgehead atoms. The molecule has 0 aromatic heterocycles. The van der Waals surface area contributed by atoms with Crippen molar-refractivity contribution < 1.29 is 4.79 Å². The maximum absolute atomic E-state index is 10.3. The lowest BCUT2D eigenvalue weighted by atomic mass is 10.5. The van der Waals surface area contributed by atoms with E-state index < -0.39 is 0 Å². The molecule has 0 aromatic rings. The number of hydrogen-bond donors (Lipinski definition) is 2. The van der Waals surface area contributed by atoms with Crippen LogP contribution in [0.15, 0.2) is 12.2 Å². The van der Waals surface area contributed by atoms with Crippen LogP contribution in [0.4, 0.5) is 0 Å². The molecule has 0 heterocycles. The Labute approximate surface area is 47.9 Å². The highest BCUT2D eigenvalue weighted by Gasteiger charge is 1.82. The fraction of sp³-hybridized carbons (Fsp3) is 0.200. The van der Waals surface area contributed by atoms with Crippen molar-refractivity contribution in [2.24, 2.45) is 0 Å². The molecule has 2 N–H and O–H groups in total. The van der Waals surface area contributed by atoms with E-state index in [4.69, 9.17) is 5.41 Å². The highest BCUT2D eigenvalue weighted by atomic mass is 16.1. The number of nitrogens with one attached hydrogen (secondary N) is 2. The van der Waals surface area contributed by atoms with Crippen molar-refractivity contribution in [2.45, 2.75) is 0 Å². The lowest BCUT2D eigenvalue weighted by Crippen LogP contribution is -2.13. The van der Waals surface area contributed by atoms with Crippen molar-refractivity contribution in [1.82, 2.24) is 5.32 Å². The molecule has 0 fully saturated rings. The highest BCUT2D eigenvalue weighted by molar-refractivity contribution is 5.90. The minimum absolute atomic E-state index is 0.187. The third-order valence-electron chi connectivity index (χ3n) is 0.590. The second-order valence-corrected chi connectivity index (χ2v) is 1.14. The molecule has 0 atom stereocenters. The van der Waals surface area contributed by atoms with Crippen LogP contribution in [0.2, 0.25) is 0 Å². The molecule has 0 saturated carbocycles. The van der Waals surface area contributed by atoms with Crippen LogP contribution in [0.1, 0.15) is 0 Å². The fourth-order valence-corrected chi connectivity index (χ4v) is 0.219. The maximum Gasteiger partial charge on any atom is 0.243 e. The zero-order chi connectivity index (χ0) is 6.41. The molecule has 0 radical (unpaired) electrons. The van der Waals surface area contributed by atoms with Gasteiger partial charge in [0.05, 0.1) is 0 Å². The average Bonchev–Trinajstić information content (AvgIpc) is 1.83. The summed E-state index contributed by atoms with van der Waals surface area (Å²) in [5.41, 5.74) is 0. The molecular weight excluding hydrogens is 104 g/mol. The summed E-state index contributed by atoms with van der Waals surface area (Å²) < 4.78 is 0. The molecule has 0 aliphatic carbocycles. The van der Waals surface area contributed by atoms with Crippen LogP contribution in [-0.4, -0.2) is 19.2 Å². The van der Waals surface area contributed by atoms with Crippen LogP contribution in [0.5, 0.6) is 0 Å². The predicted molar refractivity (Wildman–Crippen MR) is 32.0 cm³/mol. The van der Waals surface area contributed by atoms with E-state index in [-0.39, 0.29) is 5.91 Å². The Morgan fingerprint density at radius 1 is 1.75 bits per heavy atom. The number of carbonyl (C=O) groups excluding carboxylic acids is 1. The zero-order valence-electron chi connectivity index (χ0n) is 4.64.